The Kier molecular flexibility index (Phi) is 3.89. The molecule has 0 unspecified atom stereocenters. The van der Waals surface area contributed by atoms with Gasteiger partial charge in [-0.25, -0.2) is 0 Å². The first kappa shape index (κ1) is 14.3. The fraction of sp³-hybridized carbons (Fsp3) is 0.176. The molecule has 1 aromatic heterocycles. The minimum atomic E-state index is -0.220. The van der Waals surface area contributed by atoms with Crippen LogP contribution in [-0.2, 0) is 0 Å². The highest BCUT2D eigenvalue weighted by atomic mass is 16.3. The average Bonchev–Trinajstić information content (AvgIpc) is 2.55. The van der Waals surface area contributed by atoms with Gasteiger partial charge in [0.15, 0.2) is 0 Å². The number of fused-ring (bicyclic) bond motifs is 2. The number of carbonyl (C=O) groups excluding carboxylic acids is 1. The van der Waals surface area contributed by atoms with Crippen LogP contribution >= 0.6 is 0 Å². The molecule has 0 spiro atoms. The van der Waals surface area contributed by atoms with Gasteiger partial charge < -0.3 is 15.5 Å². The summed E-state index contributed by atoms with van der Waals surface area (Å²) in [4.78, 5) is 24.6. The Hall–Kier alpha value is -2.66. The van der Waals surface area contributed by atoms with Crippen LogP contribution in [0, 0.1) is 0 Å². The fourth-order valence-corrected chi connectivity index (χ4v) is 2.35. The van der Waals surface area contributed by atoms with E-state index in [9.17, 15) is 9.59 Å². The van der Waals surface area contributed by atoms with E-state index in [1.165, 1.54) is 0 Å². The van der Waals surface area contributed by atoms with Crippen molar-refractivity contribution in [3.8, 4) is 0 Å². The minimum absolute atomic E-state index is 0.131. The standard InChI is InChI=1S/C17H16N2O3/c18-8-3-9-19-17(21)11-6-7-15-13(10-11)16(20)12-4-1-2-5-14(12)22-15/h1-2,4-7,10H,3,8-9,18H2,(H,19,21). The van der Waals surface area contributed by atoms with Gasteiger partial charge in [-0.05, 0) is 43.3 Å². The molecule has 0 aliphatic rings. The van der Waals surface area contributed by atoms with Gasteiger partial charge in [-0.2, -0.15) is 0 Å². The van der Waals surface area contributed by atoms with Crippen molar-refractivity contribution in [2.75, 3.05) is 13.1 Å². The van der Waals surface area contributed by atoms with E-state index in [1.807, 2.05) is 6.07 Å². The number of amides is 1. The topological polar surface area (TPSA) is 85.3 Å². The molecule has 0 radical (unpaired) electrons. The van der Waals surface area contributed by atoms with Crippen LogP contribution in [-0.4, -0.2) is 19.0 Å². The lowest BCUT2D eigenvalue weighted by Gasteiger charge is -2.06. The Bertz CT molecular complexity index is 899. The van der Waals surface area contributed by atoms with Crippen molar-refractivity contribution in [1.29, 1.82) is 0 Å². The molecule has 1 amide bonds. The van der Waals surface area contributed by atoms with E-state index in [4.69, 9.17) is 10.2 Å². The van der Waals surface area contributed by atoms with Gasteiger partial charge in [0.25, 0.3) is 5.91 Å². The number of benzene rings is 2. The van der Waals surface area contributed by atoms with Gasteiger partial charge in [0.2, 0.25) is 5.43 Å². The van der Waals surface area contributed by atoms with Gasteiger partial charge in [0.05, 0.1) is 10.8 Å². The summed E-state index contributed by atoms with van der Waals surface area (Å²) in [5.74, 6) is -0.220. The van der Waals surface area contributed by atoms with Gasteiger partial charge in [0, 0.05) is 12.1 Å². The molecule has 112 valence electrons. The number of para-hydroxylation sites is 1. The lowest BCUT2D eigenvalue weighted by Crippen LogP contribution is -2.26. The van der Waals surface area contributed by atoms with Crippen LogP contribution in [0.4, 0.5) is 0 Å². The van der Waals surface area contributed by atoms with Crippen LogP contribution in [0.1, 0.15) is 16.8 Å². The van der Waals surface area contributed by atoms with Gasteiger partial charge >= 0.3 is 0 Å². The Balaban J connectivity index is 2.06. The van der Waals surface area contributed by atoms with Crippen molar-refractivity contribution in [2.24, 2.45) is 5.73 Å². The highest BCUT2D eigenvalue weighted by Gasteiger charge is 2.11. The number of hydrogen-bond acceptors (Lipinski definition) is 4. The first-order chi connectivity index (χ1) is 10.7. The van der Waals surface area contributed by atoms with E-state index in [-0.39, 0.29) is 11.3 Å². The zero-order valence-electron chi connectivity index (χ0n) is 12.0. The average molecular weight is 296 g/mol. The molecule has 3 aromatic rings. The molecule has 3 N–H and O–H groups in total. The summed E-state index contributed by atoms with van der Waals surface area (Å²) in [7, 11) is 0. The molecule has 0 fully saturated rings. The zero-order valence-corrected chi connectivity index (χ0v) is 12.0. The van der Waals surface area contributed by atoms with Gasteiger partial charge in [-0.15, -0.1) is 0 Å². The summed E-state index contributed by atoms with van der Waals surface area (Å²) in [5.41, 5.74) is 6.72. The number of nitrogens with one attached hydrogen (secondary N) is 1. The summed E-state index contributed by atoms with van der Waals surface area (Å²) in [6, 6.07) is 12.0. The van der Waals surface area contributed by atoms with Gasteiger partial charge in [-0.1, -0.05) is 12.1 Å². The molecular formula is C17H16N2O3. The molecule has 5 heteroatoms. The van der Waals surface area contributed by atoms with Gasteiger partial charge in [0.1, 0.15) is 11.2 Å². The van der Waals surface area contributed by atoms with E-state index < -0.39 is 0 Å². The monoisotopic (exact) mass is 296 g/mol. The van der Waals surface area contributed by atoms with E-state index in [0.29, 0.717) is 47.0 Å². The Morgan fingerprint density at radius 1 is 1.09 bits per heavy atom. The molecule has 5 nitrogen and oxygen atoms in total. The number of carbonyl (C=O) groups is 1. The van der Waals surface area contributed by atoms with Crippen molar-refractivity contribution >= 4 is 27.8 Å². The molecule has 2 aromatic carbocycles. The highest BCUT2D eigenvalue weighted by Crippen LogP contribution is 2.19. The van der Waals surface area contributed by atoms with Crippen LogP contribution in [0.5, 0.6) is 0 Å². The van der Waals surface area contributed by atoms with Crippen molar-refractivity contribution in [3.05, 3.63) is 58.3 Å². The van der Waals surface area contributed by atoms with Crippen molar-refractivity contribution < 1.29 is 9.21 Å². The van der Waals surface area contributed by atoms with E-state index in [0.717, 1.165) is 0 Å². The largest absolute Gasteiger partial charge is 0.456 e. The quantitative estimate of drug-likeness (QED) is 0.570. The van der Waals surface area contributed by atoms with E-state index in [2.05, 4.69) is 5.32 Å². The summed E-state index contributed by atoms with van der Waals surface area (Å²) in [6.07, 6.45) is 0.714. The zero-order chi connectivity index (χ0) is 15.5. The van der Waals surface area contributed by atoms with Crippen LogP contribution < -0.4 is 16.5 Å². The smallest absolute Gasteiger partial charge is 0.251 e. The molecule has 3 rings (SSSR count). The second kappa shape index (κ2) is 5.99. The van der Waals surface area contributed by atoms with Crippen molar-refractivity contribution in [1.82, 2.24) is 5.32 Å². The summed E-state index contributed by atoms with van der Waals surface area (Å²) >= 11 is 0. The lowest BCUT2D eigenvalue weighted by atomic mass is 10.1. The van der Waals surface area contributed by atoms with Gasteiger partial charge in [-0.3, -0.25) is 9.59 Å². The summed E-state index contributed by atoms with van der Waals surface area (Å²) in [5, 5.41) is 3.69. The number of rotatable bonds is 4. The van der Waals surface area contributed by atoms with Crippen LogP contribution in [0.15, 0.2) is 51.7 Å². The Labute approximate surface area is 126 Å². The SMILES string of the molecule is NCCCNC(=O)c1ccc2oc3ccccc3c(=O)c2c1. The molecule has 0 saturated heterocycles. The molecule has 0 atom stereocenters. The Morgan fingerprint density at radius 3 is 2.68 bits per heavy atom. The minimum Gasteiger partial charge on any atom is -0.456 e. The number of hydrogen-bond donors (Lipinski definition) is 2. The number of nitrogens with two attached hydrogens (primary N) is 1. The summed E-state index contributed by atoms with van der Waals surface area (Å²) in [6.45, 7) is 1.03. The van der Waals surface area contributed by atoms with Crippen LogP contribution in [0.3, 0.4) is 0 Å². The third-order valence-corrected chi connectivity index (χ3v) is 3.50. The predicted octanol–water partition coefficient (Wildman–Crippen LogP) is 2.02. The van der Waals surface area contributed by atoms with E-state index in [1.54, 1.807) is 36.4 Å². The maximum atomic E-state index is 12.5. The predicted molar refractivity (Wildman–Crippen MR) is 86.0 cm³/mol. The first-order valence-electron chi connectivity index (χ1n) is 7.14. The van der Waals surface area contributed by atoms with E-state index >= 15 is 0 Å². The molecule has 0 saturated carbocycles. The second-order valence-electron chi connectivity index (χ2n) is 5.04. The first-order valence-corrected chi connectivity index (χ1v) is 7.14. The highest BCUT2D eigenvalue weighted by molar-refractivity contribution is 5.99. The lowest BCUT2D eigenvalue weighted by molar-refractivity contribution is 0.0953. The molecular weight excluding hydrogens is 280 g/mol. The Morgan fingerprint density at radius 2 is 1.86 bits per heavy atom. The summed E-state index contributed by atoms with van der Waals surface area (Å²) < 4.78 is 5.71. The molecule has 0 aliphatic carbocycles. The normalized spacial score (nSPS) is 11.0. The molecule has 0 aliphatic heterocycles. The second-order valence-corrected chi connectivity index (χ2v) is 5.04. The third kappa shape index (κ3) is 2.58. The molecule has 0 bridgehead atoms. The third-order valence-electron chi connectivity index (χ3n) is 3.50. The fourth-order valence-electron chi connectivity index (χ4n) is 2.35. The molecule has 22 heavy (non-hydrogen) atoms. The van der Waals surface area contributed by atoms with Crippen molar-refractivity contribution in [3.63, 3.8) is 0 Å². The van der Waals surface area contributed by atoms with Crippen LogP contribution in [0.25, 0.3) is 21.9 Å². The maximum Gasteiger partial charge on any atom is 0.251 e. The molecule has 1 heterocycles. The van der Waals surface area contributed by atoms with Crippen LogP contribution in [0.2, 0.25) is 0 Å². The maximum absolute atomic E-state index is 12.5. The van der Waals surface area contributed by atoms with Crippen molar-refractivity contribution in [2.45, 2.75) is 6.42 Å².